The maximum atomic E-state index is 5.15. The molecule has 0 aliphatic heterocycles. The summed E-state index contributed by atoms with van der Waals surface area (Å²) in [4.78, 5) is 34.6. The van der Waals surface area contributed by atoms with Crippen molar-refractivity contribution in [1.82, 2.24) is 57.7 Å². The monoisotopic (exact) mass is 1670 g/mol. The van der Waals surface area contributed by atoms with Crippen LogP contribution in [0.4, 0.5) is 0 Å². The van der Waals surface area contributed by atoms with Gasteiger partial charge in [-0.05, 0) is 132 Å². The number of aromatic nitrogens is 12. The van der Waals surface area contributed by atoms with Gasteiger partial charge in [0.2, 0.25) is 0 Å². The van der Waals surface area contributed by atoms with Crippen molar-refractivity contribution >= 4 is 109 Å². The van der Waals surface area contributed by atoms with Crippen LogP contribution in [0.3, 0.4) is 0 Å². The molecule has 0 saturated heterocycles. The van der Waals surface area contributed by atoms with Crippen LogP contribution in [0.25, 0.3) is 228 Å². The van der Waals surface area contributed by atoms with E-state index in [1.54, 1.807) is 0 Å². The van der Waals surface area contributed by atoms with Gasteiger partial charge in [0.25, 0.3) is 0 Å². The largest absolute Gasteiger partial charge is 0.309 e. The minimum Gasteiger partial charge on any atom is -0.309 e. The zero-order valence-electron chi connectivity index (χ0n) is 70.9. The minimum atomic E-state index is 0.613. The number of fused-ring (bicyclic) bond motifs is 15. The lowest BCUT2D eigenvalue weighted by Crippen LogP contribution is -2.03. The molecule has 8 aromatic heterocycles. The fraction of sp³-hybridized carbons (Fsp3) is 0. The topological polar surface area (TPSA) is 115 Å². The molecule has 0 aliphatic carbocycles. The van der Waals surface area contributed by atoms with Crippen molar-refractivity contribution in [3.8, 4) is 119 Å². The zero-order valence-corrected chi connectivity index (χ0v) is 70.9. The number of para-hydroxylation sites is 10. The summed E-state index contributed by atoms with van der Waals surface area (Å²) >= 11 is 0. The first-order valence-electron chi connectivity index (χ1n) is 44.1. The lowest BCUT2D eigenvalue weighted by molar-refractivity contribution is 1.07. The highest BCUT2D eigenvalue weighted by atomic mass is 15.1. The van der Waals surface area contributed by atoms with Crippen molar-refractivity contribution in [2.24, 2.45) is 0 Å². The summed E-state index contributed by atoms with van der Waals surface area (Å²) in [5.41, 5.74) is 27.2. The number of hydrogen-bond acceptors (Lipinski definition) is 7. The van der Waals surface area contributed by atoms with E-state index in [-0.39, 0.29) is 0 Å². The first kappa shape index (κ1) is 76.8. The summed E-state index contributed by atoms with van der Waals surface area (Å²) in [6.07, 6.45) is 3.93. The Hall–Kier alpha value is -17.9. The fourth-order valence-electron chi connectivity index (χ4n) is 19.1. The van der Waals surface area contributed by atoms with Crippen LogP contribution in [-0.2, 0) is 0 Å². The second kappa shape index (κ2) is 32.9. The van der Waals surface area contributed by atoms with E-state index in [2.05, 4.69) is 363 Å². The van der Waals surface area contributed by atoms with Gasteiger partial charge in [-0.15, -0.1) is 0 Å². The summed E-state index contributed by atoms with van der Waals surface area (Å²) in [5.74, 6) is 3.85. The van der Waals surface area contributed by atoms with Crippen molar-refractivity contribution in [2.45, 2.75) is 0 Å². The van der Waals surface area contributed by atoms with E-state index in [4.69, 9.17) is 34.9 Å². The Morgan fingerprint density at radius 2 is 0.305 bits per heavy atom. The molecule has 0 atom stereocenters. The molecule has 0 unspecified atom stereocenters. The third kappa shape index (κ3) is 14.0. The molecule has 26 rings (SSSR count). The highest BCUT2D eigenvalue weighted by Gasteiger charge is 2.23. The molecular weight excluding hydrogens is 1600 g/mol. The molecule has 12 nitrogen and oxygen atoms in total. The van der Waals surface area contributed by atoms with Crippen molar-refractivity contribution in [3.63, 3.8) is 0 Å². The van der Waals surface area contributed by atoms with E-state index >= 15 is 0 Å². The Morgan fingerprint density at radius 3 is 0.557 bits per heavy atom. The Balaban J connectivity index is 0.000000110. The van der Waals surface area contributed by atoms with Gasteiger partial charge < -0.3 is 22.8 Å². The smallest absolute Gasteiger partial charge is 0.164 e. The Kier molecular flexibility index (Phi) is 19.3. The Bertz CT molecular complexity index is 8190. The molecule has 0 fully saturated rings. The van der Waals surface area contributed by atoms with Gasteiger partial charge in [0, 0.05) is 139 Å². The van der Waals surface area contributed by atoms with Gasteiger partial charge in [-0.3, -0.25) is 4.98 Å². The van der Waals surface area contributed by atoms with Crippen LogP contribution in [0.1, 0.15) is 0 Å². The predicted molar refractivity (Wildman–Crippen MR) is 539 cm³/mol. The molecule has 0 bridgehead atoms. The SMILES string of the molecule is c1cc(-c2cncc(-c3cccc(-n4c5ccccc5c5ccccc54)c3)c2)cc(-n2c3ccccc3c3ccccc32)c1.c1ccc(-c2nc(-c3ccccc3)nc(-c3cc(-n4c5ccccc5c5ccccc54)cc(-n4c5ccccc5c5ccccc54)c3)n2)cc1.c1ccc(-c2nc(-c3ccccc3)nc(-c3cccc(-n4c5ccccc5c5ccccc54)c3)n2)cc1. The van der Waals surface area contributed by atoms with Crippen LogP contribution in [0.5, 0.6) is 0 Å². The number of rotatable bonds is 13. The number of pyridine rings is 1. The van der Waals surface area contributed by atoms with E-state index in [9.17, 15) is 0 Å². The third-order valence-electron chi connectivity index (χ3n) is 25.0. The summed E-state index contributed by atoms with van der Waals surface area (Å²) < 4.78 is 11.8. The number of hydrogen-bond donors (Lipinski definition) is 0. The van der Waals surface area contributed by atoms with Gasteiger partial charge in [-0.25, -0.2) is 29.9 Å². The van der Waals surface area contributed by atoms with Gasteiger partial charge in [-0.2, -0.15) is 0 Å². The lowest BCUT2D eigenvalue weighted by atomic mass is 10.0. The molecule has 0 amide bonds. The molecule has 26 aromatic rings. The maximum Gasteiger partial charge on any atom is 0.164 e. The normalized spacial score (nSPS) is 11.5. The Morgan fingerprint density at radius 1 is 0.122 bits per heavy atom. The van der Waals surface area contributed by atoms with E-state index in [1.807, 2.05) is 134 Å². The molecule has 0 N–H and O–H groups in total. The first-order chi connectivity index (χ1) is 65.0. The van der Waals surface area contributed by atoms with E-state index in [1.165, 1.54) is 87.0 Å². The second-order valence-corrected chi connectivity index (χ2v) is 32.8. The van der Waals surface area contributed by atoms with Crippen molar-refractivity contribution in [2.75, 3.05) is 0 Å². The highest BCUT2D eigenvalue weighted by molar-refractivity contribution is 6.14. The van der Waals surface area contributed by atoms with Crippen molar-refractivity contribution < 1.29 is 0 Å². The van der Waals surface area contributed by atoms with Crippen LogP contribution < -0.4 is 0 Å². The van der Waals surface area contributed by atoms with Crippen LogP contribution in [0, 0.1) is 0 Å². The minimum absolute atomic E-state index is 0.613. The van der Waals surface area contributed by atoms with Gasteiger partial charge in [-0.1, -0.05) is 340 Å². The quantitative estimate of drug-likeness (QED) is 0.113. The van der Waals surface area contributed by atoms with Crippen molar-refractivity contribution in [3.05, 3.63) is 473 Å². The molecule has 8 heterocycles. The van der Waals surface area contributed by atoms with Gasteiger partial charge in [0.05, 0.1) is 55.2 Å². The molecule has 0 aliphatic rings. The molecule has 18 aromatic carbocycles. The third-order valence-corrected chi connectivity index (χ3v) is 25.0. The molecule has 614 valence electrons. The standard InChI is InChI=1S/C45H29N5.C41H27N3.C33H22N4/c1-3-15-30(16-4-1)43-46-44(31-17-5-2-6-18-31)48-45(47-43)32-27-33(49-39-23-11-7-19-35(39)36-20-8-12-24-40(36)49)29-34(28-32)50-41-25-13-9-21-37(41)38-22-10-14-26-42(38)50;1-5-19-38-34(15-1)35-16-2-6-20-39(35)43(38)32-13-9-11-28(24-32)30-23-31(27-42-26-30)29-12-10-14-33(25-29)44-40-21-7-3-17-36(40)37-18-4-8-22-41(37)44;1-3-12-23(13-4-1)31-34-32(24-14-5-2-6-15-24)36-33(35-31)25-16-11-17-26(22-25)37-29-20-9-7-18-27(29)28-19-8-10-21-30(28)37/h1-29H;1-27H;1-22H. The predicted octanol–water partition coefficient (Wildman–Crippen LogP) is 29.6. The van der Waals surface area contributed by atoms with Crippen LogP contribution in [0.2, 0.25) is 0 Å². The lowest BCUT2D eigenvalue weighted by Gasteiger charge is -2.16. The summed E-state index contributed by atoms with van der Waals surface area (Å²) in [5, 5.41) is 12.4. The first-order valence-corrected chi connectivity index (χ1v) is 44.1. The summed E-state index contributed by atoms with van der Waals surface area (Å²) in [6, 6.07) is 162. The molecular formula is C119H78N12. The molecule has 0 radical (unpaired) electrons. The van der Waals surface area contributed by atoms with Crippen LogP contribution >= 0.6 is 0 Å². The fourth-order valence-corrected chi connectivity index (χ4v) is 19.1. The molecule has 0 spiro atoms. The second-order valence-electron chi connectivity index (χ2n) is 32.8. The highest BCUT2D eigenvalue weighted by Crippen LogP contribution is 2.42. The van der Waals surface area contributed by atoms with Crippen molar-refractivity contribution in [1.29, 1.82) is 0 Å². The van der Waals surface area contributed by atoms with E-state index < -0.39 is 0 Å². The average molecular weight is 1680 g/mol. The number of nitrogens with zero attached hydrogens (tertiary/aromatic N) is 12. The molecule has 12 heteroatoms. The van der Waals surface area contributed by atoms with Gasteiger partial charge in [0.15, 0.2) is 34.9 Å². The zero-order chi connectivity index (χ0) is 86.7. The average Bonchev–Trinajstić information content (AvgIpc) is 1.59. The van der Waals surface area contributed by atoms with E-state index in [0.29, 0.717) is 34.9 Å². The maximum absolute atomic E-state index is 5.15. The van der Waals surface area contributed by atoms with Crippen LogP contribution in [0.15, 0.2) is 473 Å². The van der Waals surface area contributed by atoms with Gasteiger partial charge in [0.1, 0.15) is 0 Å². The van der Waals surface area contributed by atoms with Crippen LogP contribution in [-0.4, -0.2) is 57.7 Å². The molecule has 0 saturated carbocycles. The summed E-state index contributed by atoms with van der Waals surface area (Å²) in [7, 11) is 0. The van der Waals surface area contributed by atoms with E-state index in [0.717, 1.165) is 106 Å². The summed E-state index contributed by atoms with van der Waals surface area (Å²) in [6.45, 7) is 0. The van der Waals surface area contributed by atoms with Gasteiger partial charge >= 0.3 is 0 Å². The Labute approximate surface area is 754 Å². The molecule has 131 heavy (non-hydrogen) atoms. The number of benzene rings is 18.